The molecule has 10 heteroatoms. The molecule has 3 heterocycles. The van der Waals surface area contributed by atoms with Gasteiger partial charge in [-0.25, -0.2) is 8.42 Å². The first-order chi connectivity index (χ1) is 12.2. The van der Waals surface area contributed by atoms with Crippen molar-refractivity contribution in [3.8, 4) is 0 Å². The largest absolute Gasteiger partial charge is 0.423 e. The summed E-state index contributed by atoms with van der Waals surface area (Å²) < 4.78 is 40.7. The summed E-state index contributed by atoms with van der Waals surface area (Å²) in [6.07, 6.45) is -0.564. The van der Waals surface area contributed by atoms with Crippen LogP contribution in [0.5, 0.6) is 0 Å². The molecule has 26 heavy (non-hydrogen) atoms. The van der Waals surface area contributed by atoms with Crippen molar-refractivity contribution in [3.63, 3.8) is 0 Å². The Balaban J connectivity index is 1.89. The highest BCUT2D eigenvalue weighted by atomic mass is 32.2. The minimum atomic E-state index is -3.69. The maximum Gasteiger partial charge on any atom is 0.246 e. The van der Waals surface area contributed by atoms with Crippen molar-refractivity contribution < 1.29 is 17.6 Å². The molecule has 3 rings (SSSR count). The first-order valence-electron chi connectivity index (χ1n) is 8.66. The SMILES string of the molecule is Cc1nnc([C@H]2CN(S(=O)(=O)c3c(C)nn(CC(C)C)c3C)CCO2)o1. The van der Waals surface area contributed by atoms with Crippen molar-refractivity contribution in [1.29, 1.82) is 0 Å². The van der Waals surface area contributed by atoms with Gasteiger partial charge < -0.3 is 9.15 Å². The van der Waals surface area contributed by atoms with E-state index in [1.165, 1.54) is 4.31 Å². The molecule has 0 bridgehead atoms. The molecule has 1 atom stereocenters. The molecule has 1 saturated heterocycles. The van der Waals surface area contributed by atoms with Crippen LogP contribution in [0.1, 0.15) is 43.1 Å². The van der Waals surface area contributed by atoms with Gasteiger partial charge in [0, 0.05) is 26.6 Å². The van der Waals surface area contributed by atoms with E-state index in [9.17, 15) is 8.42 Å². The Hall–Kier alpha value is -1.78. The lowest BCUT2D eigenvalue weighted by atomic mass is 10.2. The normalized spacial score (nSPS) is 19.4. The van der Waals surface area contributed by atoms with E-state index in [1.54, 1.807) is 25.5 Å². The molecule has 9 nitrogen and oxygen atoms in total. The van der Waals surface area contributed by atoms with Crippen LogP contribution in [0.3, 0.4) is 0 Å². The zero-order chi connectivity index (χ0) is 19.1. The maximum absolute atomic E-state index is 13.3. The Bertz CT molecular complexity index is 887. The van der Waals surface area contributed by atoms with Crippen molar-refractivity contribution >= 4 is 10.0 Å². The molecule has 0 saturated carbocycles. The second kappa shape index (κ2) is 7.09. The molecule has 0 N–H and O–H groups in total. The van der Waals surface area contributed by atoms with E-state index in [1.807, 2.05) is 0 Å². The molecule has 2 aromatic heterocycles. The number of aryl methyl sites for hydroxylation is 2. The zero-order valence-corrected chi connectivity index (χ0v) is 16.6. The molecule has 1 fully saturated rings. The van der Waals surface area contributed by atoms with Crippen molar-refractivity contribution in [1.82, 2.24) is 24.3 Å². The Morgan fingerprint density at radius 1 is 1.23 bits per heavy atom. The summed E-state index contributed by atoms with van der Waals surface area (Å²) in [4.78, 5) is 0.278. The summed E-state index contributed by atoms with van der Waals surface area (Å²) in [6.45, 7) is 10.7. The first kappa shape index (κ1) is 19.0. The highest BCUT2D eigenvalue weighted by Gasteiger charge is 2.36. The smallest absolute Gasteiger partial charge is 0.246 e. The molecule has 1 aliphatic rings. The summed E-state index contributed by atoms with van der Waals surface area (Å²) in [5.74, 6) is 1.09. The van der Waals surface area contributed by atoms with Crippen LogP contribution in [0, 0.1) is 26.7 Å². The lowest BCUT2D eigenvalue weighted by Crippen LogP contribution is -2.42. The van der Waals surface area contributed by atoms with Crippen LogP contribution in [0.25, 0.3) is 0 Å². The van der Waals surface area contributed by atoms with Gasteiger partial charge in [0.1, 0.15) is 11.0 Å². The van der Waals surface area contributed by atoms with Crippen molar-refractivity contribution in [3.05, 3.63) is 23.2 Å². The fraction of sp³-hybridized carbons (Fsp3) is 0.688. The van der Waals surface area contributed by atoms with Crippen molar-refractivity contribution in [2.24, 2.45) is 5.92 Å². The number of hydrogen-bond donors (Lipinski definition) is 0. The standard InChI is InChI=1S/C16H25N5O4S/c1-10(2)8-21-12(4)15(11(3)19-21)26(22,23)20-6-7-24-14(9-20)16-18-17-13(5)25-16/h10,14H,6-9H2,1-5H3/t14-/m1/s1. The lowest BCUT2D eigenvalue weighted by molar-refractivity contribution is -0.0177. The summed E-state index contributed by atoms with van der Waals surface area (Å²) in [7, 11) is -3.69. The van der Waals surface area contributed by atoms with Crippen LogP contribution in [0.2, 0.25) is 0 Å². The highest BCUT2D eigenvalue weighted by molar-refractivity contribution is 7.89. The van der Waals surface area contributed by atoms with E-state index in [0.29, 0.717) is 35.6 Å². The number of aromatic nitrogens is 4. The molecule has 0 spiro atoms. The van der Waals surface area contributed by atoms with Crippen LogP contribution in [-0.2, 0) is 21.3 Å². The van der Waals surface area contributed by atoms with E-state index in [4.69, 9.17) is 9.15 Å². The van der Waals surface area contributed by atoms with E-state index in [0.717, 1.165) is 0 Å². The van der Waals surface area contributed by atoms with Gasteiger partial charge in [0.25, 0.3) is 0 Å². The van der Waals surface area contributed by atoms with Gasteiger partial charge >= 0.3 is 0 Å². The third-order valence-electron chi connectivity index (χ3n) is 4.30. The Kier molecular flexibility index (Phi) is 5.18. The number of hydrogen-bond acceptors (Lipinski definition) is 7. The van der Waals surface area contributed by atoms with Crippen LogP contribution in [0.4, 0.5) is 0 Å². The molecule has 144 valence electrons. The Morgan fingerprint density at radius 3 is 2.58 bits per heavy atom. The fourth-order valence-corrected chi connectivity index (χ4v) is 4.94. The second-order valence-electron chi connectivity index (χ2n) is 6.96. The number of rotatable bonds is 5. The van der Waals surface area contributed by atoms with Crippen molar-refractivity contribution in [2.45, 2.75) is 52.2 Å². The van der Waals surface area contributed by atoms with Gasteiger partial charge in [-0.1, -0.05) is 13.8 Å². The molecular weight excluding hydrogens is 358 g/mol. The monoisotopic (exact) mass is 383 g/mol. The number of nitrogens with zero attached hydrogens (tertiary/aromatic N) is 5. The summed E-state index contributed by atoms with van der Waals surface area (Å²) in [5.41, 5.74) is 1.17. The van der Waals surface area contributed by atoms with Gasteiger partial charge in [0.15, 0.2) is 0 Å². The number of ether oxygens (including phenoxy) is 1. The Morgan fingerprint density at radius 2 is 1.96 bits per heavy atom. The van der Waals surface area contributed by atoms with Gasteiger partial charge in [-0.2, -0.15) is 9.40 Å². The minimum Gasteiger partial charge on any atom is -0.423 e. The van der Waals surface area contributed by atoms with E-state index in [-0.39, 0.29) is 24.6 Å². The van der Waals surface area contributed by atoms with E-state index < -0.39 is 16.1 Å². The second-order valence-corrected chi connectivity index (χ2v) is 8.83. The average Bonchev–Trinajstić information content (AvgIpc) is 3.11. The molecule has 2 aromatic rings. The summed E-state index contributed by atoms with van der Waals surface area (Å²) in [5, 5.41) is 12.2. The van der Waals surface area contributed by atoms with Crippen LogP contribution >= 0.6 is 0 Å². The van der Waals surface area contributed by atoms with E-state index in [2.05, 4.69) is 29.1 Å². The molecule has 0 radical (unpaired) electrons. The topological polar surface area (TPSA) is 103 Å². The van der Waals surface area contributed by atoms with Crippen LogP contribution < -0.4 is 0 Å². The number of morpholine rings is 1. The molecule has 0 aromatic carbocycles. The van der Waals surface area contributed by atoms with Gasteiger partial charge in [-0.15, -0.1) is 10.2 Å². The number of sulfonamides is 1. The van der Waals surface area contributed by atoms with Crippen LogP contribution in [0.15, 0.2) is 9.31 Å². The third-order valence-corrected chi connectivity index (χ3v) is 6.42. The van der Waals surface area contributed by atoms with E-state index >= 15 is 0 Å². The van der Waals surface area contributed by atoms with Gasteiger partial charge in [0.05, 0.1) is 18.0 Å². The quantitative estimate of drug-likeness (QED) is 0.772. The van der Waals surface area contributed by atoms with Gasteiger partial charge in [-0.05, 0) is 19.8 Å². The van der Waals surface area contributed by atoms with Crippen LogP contribution in [-0.4, -0.2) is 52.4 Å². The molecule has 1 aliphatic heterocycles. The predicted octanol–water partition coefficient (Wildman–Crippen LogP) is 1.61. The summed E-state index contributed by atoms with van der Waals surface area (Å²) in [6, 6.07) is 0. The fourth-order valence-electron chi connectivity index (χ4n) is 3.14. The van der Waals surface area contributed by atoms with Gasteiger partial charge in [-0.3, -0.25) is 4.68 Å². The lowest BCUT2D eigenvalue weighted by Gasteiger charge is -2.30. The third kappa shape index (κ3) is 3.53. The highest BCUT2D eigenvalue weighted by Crippen LogP contribution is 2.29. The molecule has 0 amide bonds. The minimum absolute atomic E-state index is 0.137. The zero-order valence-electron chi connectivity index (χ0n) is 15.8. The van der Waals surface area contributed by atoms with Gasteiger partial charge in [0.2, 0.25) is 21.8 Å². The maximum atomic E-state index is 13.3. The molecular formula is C16H25N5O4S. The van der Waals surface area contributed by atoms with Crippen molar-refractivity contribution in [2.75, 3.05) is 19.7 Å². The Labute approximate surface area is 153 Å². The molecule has 0 unspecified atom stereocenters. The summed E-state index contributed by atoms with van der Waals surface area (Å²) >= 11 is 0. The predicted molar refractivity (Wildman–Crippen MR) is 93.0 cm³/mol. The molecule has 0 aliphatic carbocycles. The average molecular weight is 383 g/mol. The first-order valence-corrected chi connectivity index (χ1v) is 10.1.